The van der Waals surface area contributed by atoms with E-state index in [1.54, 1.807) is 6.20 Å². The summed E-state index contributed by atoms with van der Waals surface area (Å²) in [6, 6.07) is 3.96. The fourth-order valence-corrected chi connectivity index (χ4v) is 3.26. The van der Waals surface area contributed by atoms with E-state index in [4.69, 9.17) is 16.9 Å². The van der Waals surface area contributed by atoms with E-state index in [-0.39, 0.29) is 0 Å². The van der Waals surface area contributed by atoms with Crippen LogP contribution in [-0.2, 0) is 0 Å². The van der Waals surface area contributed by atoms with Gasteiger partial charge in [0, 0.05) is 12.7 Å². The number of nitrogens with one attached hydrogen (secondary N) is 1. The fourth-order valence-electron chi connectivity index (χ4n) is 3.12. The molecule has 3 rings (SSSR count). The van der Waals surface area contributed by atoms with E-state index in [0.717, 1.165) is 31.0 Å². The van der Waals surface area contributed by atoms with Crippen LogP contribution in [-0.4, -0.2) is 18.1 Å². The average molecular weight is 274 g/mol. The smallest absolute Gasteiger partial charge is 0.146 e. The summed E-state index contributed by atoms with van der Waals surface area (Å²) in [5.74, 6) is 1.44. The molecule has 19 heavy (non-hydrogen) atoms. The Bertz CT molecular complexity index is 559. The molecule has 1 saturated heterocycles. The maximum Gasteiger partial charge on any atom is 0.146 e. The van der Waals surface area contributed by atoms with Gasteiger partial charge >= 0.3 is 0 Å². The number of rotatable bonds is 1. The SMILES string of the molecule is N#Cc1cc(C2=CC3CNCCC3CC2)cnc1Cl. The minimum absolute atomic E-state index is 0.292. The molecule has 4 heteroatoms. The lowest BCUT2D eigenvalue weighted by atomic mass is 9.76. The maximum absolute atomic E-state index is 9.02. The number of allylic oxidation sites excluding steroid dienone is 1. The highest BCUT2D eigenvalue weighted by molar-refractivity contribution is 6.30. The van der Waals surface area contributed by atoms with Crippen LogP contribution in [0.5, 0.6) is 0 Å². The lowest BCUT2D eigenvalue weighted by Gasteiger charge is -2.34. The number of nitrogens with zero attached hydrogens (tertiary/aromatic N) is 2. The van der Waals surface area contributed by atoms with Gasteiger partial charge in [-0.3, -0.25) is 0 Å². The summed E-state index contributed by atoms with van der Waals surface area (Å²) in [5.41, 5.74) is 2.82. The van der Waals surface area contributed by atoms with E-state index < -0.39 is 0 Å². The molecule has 0 amide bonds. The van der Waals surface area contributed by atoms with Gasteiger partial charge in [0.2, 0.25) is 0 Å². The van der Waals surface area contributed by atoms with Gasteiger partial charge in [-0.05, 0) is 54.8 Å². The number of aromatic nitrogens is 1. The molecule has 0 radical (unpaired) electrons. The van der Waals surface area contributed by atoms with Gasteiger partial charge in [0.1, 0.15) is 11.2 Å². The highest BCUT2D eigenvalue weighted by Gasteiger charge is 2.27. The first-order valence-electron chi connectivity index (χ1n) is 6.75. The van der Waals surface area contributed by atoms with Crippen molar-refractivity contribution in [1.82, 2.24) is 10.3 Å². The van der Waals surface area contributed by atoms with Crippen molar-refractivity contribution >= 4 is 17.2 Å². The van der Waals surface area contributed by atoms with Crippen LogP contribution in [0, 0.1) is 23.2 Å². The zero-order valence-corrected chi connectivity index (χ0v) is 11.5. The Labute approximate surface area is 118 Å². The van der Waals surface area contributed by atoms with Crippen LogP contribution in [0.2, 0.25) is 5.15 Å². The standard InChI is InChI=1S/C15H16ClN3/c16-15-12(7-17)6-14(9-19-15)11-2-1-10-3-4-18-8-13(10)5-11/h5-6,9-10,13,18H,1-4,8H2. The van der Waals surface area contributed by atoms with E-state index in [1.165, 1.54) is 18.4 Å². The molecule has 2 unspecified atom stereocenters. The third-order valence-corrected chi connectivity index (χ3v) is 4.51. The molecule has 0 saturated carbocycles. The van der Waals surface area contributed by atoms with Crippen LogP contribution < -0.4 is 5.32 Å². The molecule has 3 nitrogen and oxygen atoms in total. The second-order valence-electron chi connectivity index (χ2n) is 5.32. The Morgan fingerprint density at radius 2 is 2.32 bits per heavy atom. The van der Waals surface area contributed by atoms with Crippen LogP contribution in [0.1, 0.15) is 30.4 Å². The van der Waals surface area contributed by atoms with E-state index in [2.05, 4.69) is 22.4 Å². The van der Waals surface area contributed by atoms with E-state index in [1.807, 2.05) is 6.07 Å². The van der Waals surface area contributed by atoms with Crippen LogP contribution in [0.4, 0.5) is 0 Å². The highest BCUT2D eigenvalue weighted by Crippen LogP contribution is 2.36. The Kier molecular flexibility index (Phi) is 3.54. The number of fused-ring (bicyclic) bond motifs is 1. The van der Waals surface area contributed by atoms with Gasteiger partial charge in [-0.2, -0.15) is 5.26 Å². The third kappa shape index (κ3) is 2.51. The Balaban J connectivity index is 1.90. The molecule has 1 aliphatic heterocycles. The summed E-state index contributed by atoms with van der Waals surface area (Å²) in [4.78, 5) is 4.12. The lowest BCUT2D eigenvalue weighted by molar-refractivity contribution is 0.279. The molecule has 1 aromatic rings. The summed E-state index contributed by atoms with van der Waals surface area (Å²) in [6.45, 7) is 2.21. The first-order chi connectivity index (χ1) is 9.28. The molecule has 1 N–H and O–H groups in total. The number of pyridine rings is 1. The second kappa shape index (κ2) is 5.32. The van der Waals surface area contributed by atoms with Gasteiger partial charge < -0.3 is 5.32 Å². The monoisotopic (exact) mass is 273 g/mol. The number of hydrogen-bond donors (Lipinski definition) is 1. The van der Waals surface area contributed by atoms with E-state index in [0.29, 0.717) is 16.6 Å². The van der Waals surface area contributed by atoms with Crippen molar-refractivity contribution < 1.29 is 0 Å². The van der Waals surface area contributed by atoms with Gasteiger partial charge in [0.05, 0.1) is 5.56 Å². The van der Waals surface area contributed by atoms with Gasteiger partial charge in [0.15, 0.2) is 0 Å². The molecule has 2 aliphatic rings. The average Bonchev–Trinajstić information content (AvgIpc) is 2.47. The van der Waals surface area contributed by atoms with Gasteiger partial charge in [-0.1, -0.05) is 17.7 Å². The zero-order chi connectivity index (χ0) is 13.2. The quantitative estimate of drug-likeness (QED) is 0.800. The minimum atomic E-state index is 0.292. The van der Waals surface area contributed by atoms with Crippen molar-refractivity contribution in [2.45, 2.75) is 19.3 Å². The first-order valence-corrected chi connectivity index (χ1v) is 7.13. The molecular formula is C15H16ClN3. The van der Waals surface area contributed by atoms with Crippen molar-refractivity contribution in [1.29, 1.82) is 5.26 Å². The Hall–Kier alpha value is -1.37. The number of nitriles is 1. The minimum Gasteiger partial charge on any atom is -0.316 e. The molecule has 1 aromatic heterocycles. The molecule has 0 bridgehead atoms. The van der Waals surface area contributed by atoms with Crippen LogP contribution in [0.15, 0.2) is 18.3 Å². The fraction of sp³-hybridized carbons (Fsp3) is 0.467. The summed E-state index contributed by atoms with van der Waals surface area (Å²) < 4.78 is 0. The molecule has 2 heterocycles. The summed E-state index contributed by atoms with van der Waals surface area (Å²) in [6.07, 6.45) is 7.74. The Morgan fingerprint density at radius 3 is 3.16 bits per heavy atom. The topological polar surface area (TPSA) is 48.7 Å². The van der Waals surface area contributed by atoms with Gasteiger partial charge in [-0.25, -0.2) is 4.98 Å². The summed E-state index contributed by atoms with van der Waals surface area (Å²) in [7, 11) is 0. The molecule has 1 fully saturated rings. The maximum atomic E-state index is 9.02. The van der Waals surface area contributed by atoms with Crippen molar-refractivity contribution in [3.63, 3.8) is 0 Å². The van der Waals surface area contributed by atoms with Crippen molar-refractivity contribution in [2.24, 2.45) is 11.8 Å². The third-order valence-electron chi connectivity index (χ3n) is 4.21. The largest absolute Gasteiger partial charge is 0.316 e. The summed E-state index contributed by atoms with van der Waals surface area (Å²) in [5, 5.41) is 12.8. The van der Waals surface area contributed by atoms with Crippen molar-refractivity contribution in [2.75, 3.05) is 13.1 Å². The van der Waals surface area contributed by atoms with E-state index in [9.17, 15) is 0 Å². The number of halogens is 1. The predicted molar refractivity (Wildman–Crippen MR) is 75.6 cm³/mol. The first kappa shape index (κ1) is 12.7. The van der Waals surface area contributed by atoms with Crippen LogP contribution >= 0.6 is 11.6 Å². The lowest BCUT2D eigenvalue weighted by Crippen LogP contribution is -2.37. The van der Waals surface area contributed by atoms with Crippen molar-refractivity contribution in [3.05, 3.63) is 34.6 Å². The van der Waals surface area contributed by atoms with Gasteiger partial charge in [-0.15, -0.1) is 0 Å². The molecule has 0 spiro atoms. The highest BCUT2D eigenvalue weighted by atomic mass is 35.5. The number of piperidine rings is 1. The molecule has 0 aromatic carbocycles. The number of hydrogen-bond acceptors (Lipinski definition) is 3. The molecule has 98 valence electrons. The van der Waals surface area contributed by atoms with Crippen molar-refractivity contribution in [3.8, 4) is 6.07 Å². The summed E-state index contributed by atoms with van der Waals surface area (Å²) >= 11 is 5.88. The normalized spacial score (nSPS) is 26.2. The van der Waals surface area contributed by atoms with Crippen LogP contribution in [0.3, 0.4) is 0 Å². The second-order valence-corrected chi connectivity index (χ2v) is 5.68. The zero-order valence-electron chi connectivity index (χ0n) is 10.7. The Morgan fingerprint density at radius 1 is 1.42 bits per heavy atom. The van der Waals surface area contributed by atoms with Gasteiger partial charge in [0.25, 0.3) is 0 Å². The van der Waals surface area contributed by atoms with Crippen LogP contribution in [0.25, 0.3) is 5.57 Å². The predicted octanol–water partition coefficient (Wildman–Crippen LogP) is 3.01. The molecular weight excluding hydrogens is 258 g/mol. The molecule has 2 atom stereocenters. The molecule has 1 aliphatic carbocycles. The van der Waals surface area contributed by atoms with E-state index >= 15 is 0 Å².